The summed E-state index contributed by atoms with van der Waals surface area (Å²) in [6.07, 6.45) is 0. The number of Topliss-reactive ketones (excluding diaryl/α,β-unsaturated/α-hetero) is 1. The van der Waals surface area contributed by atoms with Crippen LogP contribution in [0.2, 0.25) is 0 Å². The van der Waals surface area contributed by atoms with E-state index in [1.807, 2.05) is 44.2 Å². The molecule has 2 rings (SSSR count). The smallest absolute Gasteiger partial charge is 0.242 e. The zero-order chi connectivity index (χ0) is 19.8. The van der Waals surface area contributed by atoms with Gasteiger partial charge < -0.3 is 10.2 Å². The minimum absolute atomic E-state index is 0.0391. The molecule has 0 radical (unpaired) electrons. The zero-order valence-electron chi connectivity index (χ0n) is 15.8. The number of amides is 1. The van der Waals surface area contributed by atoms with Gasteiger partial charge >= 0.3 is 0 Å². The number of anilines is 1. The van der Waals surface area contributed by atoms with E-state index in [1.54, 1.807) is 24.3 Å². The van der Waals surface area contributed by atoms with Crippen LogP contribution in [0.4, 0.5) is 5.69 Å². The van der Waals surface area contributed by atoms with Gasteiger partial charge in [0.1, 0.15) is 9.57 Å². The first kappa shape index (κ1) is 21.1. The van der Waals surface area contributed by atoms with Crippen molar-refractivity contribution < 1.29 is 9.59 Å². The van der Waals surface area contributed by atoms with Gasteiger partial charge in [0.2, 0.25) is 5.91 Å². The fourth-order valence-corrected chi connectivity index (χ4v) is 4.20. The monoisotopic (exact) mass is 400 g/mol. The Balaban J connectivity index is 2.25. The van der Waals surface area contributed by atoms with E-state index in [0.29, 0.717) is 15.6 Å². The fraction of sp³-hybridized carbons (Fsp3) is 0.286. The molecule has 0 aliphatic heterocycles. The van der Waals surface area contributed by atoms with Crippen molar-refractivity contribution in [3.05, 3.63) is 65.7 Å². The summed E-state index contributed by atoms with van der Waals surface area (Å²) >= 11 is 6.92. The molecule has 0 aromatic heterocycles. The van der Waals surface area contributed by atoms with Gasteiger partial charge in [0.15, 0.2) is 5.78 Å². The molecule has 0 spiro atoms. The molecule has 0 aliphatic carbocycles. The molecule has 142 valence electrons. The summed E-state index contributed by atoms with van der Waals surface area (Å²) < 4.78 is 0.696. The second-order valence-corrected chi connectivity index (χ2v) is 7.71. The lowest BCUT2D eigenvalue weighted by Gasteiger charge is -2.24. The molecular formula is C21H24N2O2S2. The highest BCUT2D eigenvalue weighted by Crippen LogP contribution is 2.32. The van der Waals surface area contributed by atoms with Crippen molar-refractivity contribution in [2.24, 2.45) is 0 Å². The lowest BCUT2D eigenvalue weighted by Crippen LogP contribution is -2.29. The standard InChI is InChI=1S/C21H24N2O2S2/c1-4-23(5-2)21(26)27-19(16-10-7-6-8-11-16)20(25)22-18-13-9-12-17(14-18)15(3)24/h6-14,19H,4-5H2,1-3H3,(H,22,25). The lowest BCUT2D eigenvalue weighted by atomic mass is 10.1. The van der Waals surface area contributed by atoms with Gasteiger partial charge in [0.05, 0.1) is 0 Å². The van der Waals surface area contributed by atoms with Crippen molar-refractivity contribution in [3.63, 3.8) is 0 Å². The van der Waals surface area contributed by atoms with Crippen LogP contribution >= 0.6 is 24.0 Å². The van der Waals surface area contributed by atoms with Crippen LogP contribution in [-0.4, -0.2) is 34.0 Å². The lowest BCUT2D eigenvalue weighted by molar-refractivity contribution is -0.115. The second kappa shape index (κ2) is 10.2. The Morgan fingerprint density at radius 3 is 2.33 bits per heavy atom. The number of ketones is 1. The van der Waals surface area contributed by atoms with Gasteiger partial charge in [-0.15, -0.1) is 0 Å². The van der Waals surface area contributed by atoms with Gasteiger partial charge in [-0.2, -0.15) is 0 Å². The Hall–Kier alpha value is -2.18. The van der Waals surface area contributed by atoms with Gasteiger partial charge in [-0.25, -0.2) is 0 Å². The number of hydrogen-bond acceptors (Lipinski definition) is 4. The SMILES string of the molecule is CCN(CC)C(=S)SC(C(=O)Nc1cccc(C(C)=O)c1)c1ccccc1. The largest absolute Gasteiger partial charge is 0.358 e. The Morgan fingerprint density at radius 1 is 1.07 bits per heavy atom. The quantitative estimate of drug-likeness (QED) is 0.528. The number of hydrogen-bond donors (Lipinski definition) is 1. The van der Waals surface area contributed by atoms with E-state index in [9.17, 15) is 9.59 Å². The number of thiocarbonyl (C=S) groups is 1. The molecule has 6 heteroatoms. The summed E-state index contributed by atoms with van der Waals surface area (Å²) in [4.78, 5) is 26.7. The van der Waals surface area contributed by atoms with Crippen LogP contribution in [0.25, 0.3) is 0 Å². The summed E-state index contributed by atoms with van der Waals surface area (Å²) in [6.45, 7) is 7.19. The summed E-state index contributed by atoms with van der Waals surface area (Å²) in [7, 11) is 0. The van der Waals surface area contributed by atoms with Crippen molar-refractivity contribution in [1.29, 1.82) is 0 Å². The molecule has 1 unspecified atom stereocenters. The number of benzene rings is 2. The van der Waals surface area contributed by atoms with E-state index < -0.39 is 5.25 Å². The highest BCUT2D eigenvalue weighted by atomic mass is 32.2. The predicted octanol–water partition coefficient (Wildman–Crippen LogP) is 4.93. The summed E-state index contributed by atoms with van der Waals surface area (Å²) in [6, 6.07) is 16.5. The molecule has 0 aliphatic rings. The third-order valence-corrected chi connectivity index (χ3v) is 5.85. The molecule has 0 saturated heterocycles. The number of carbonyl (C=O) groups excluding carboxylic acids is 2. The Labute approximate surface area is 170 Å². The van der Waals surface area contributed by atoms with Gasteiger partial charge in [-0.05, 0) is 38.5 Å². The average molecular weight is 401 g/mol. The number of nitrogens with zero attached hydrogens (tertiary/aromatic N) is 1. The first-order valence-corrected chi connectivity index (χ1v) is 10.2. The van der Waals surface area contributed by atoms with Crippen LogP contribution in [0, 0.1) is 0 Å². The normalized spacial score (nSPS) is 11.5. The second-order valence-electron chi connectivity index (χ2n) is 5.97. The minimum Gasteiger partial charge on any atom is -0.358 e. The molecular weight excluding hydrogens is 376 g/mol. The third kappa shape index (κ3) is 5.91. The maximum absolute atomic E-state index is 13.0. The molecule has 1 atom stereocenters. The van der Waals surface area contributed by atoms with Gasteiger partial charge in [-0.1, -0.05) is 66.4 Å². The molecule has 2 aromatic carbocycles. The van der Waals surface area contributed by atoms with Crippen LogP contribution in [0.5, 0.6) is 0 Å². The van der Waals surface area contributed by atoms with Gasteiger partial charge in [0, 0.05) is 24.3 Å². The molecule has 0 bridgehead atoms. The van der Waals surface area contributed by atoms with Crippen molar-refractivity contribution >= 4 is 45.7 Å². The number of carbonyl (C=O) groups is 2. The van der Waals surface area contributed by atoms with E-state index in [-0.39, 0.29) is 11.7 Å². The topological polar surface area (TPSA) is 49.4 Å². The van der Waals surface area contributed by atoms with Crippen molar-refractivity contribution in [1.82, 2.24) is 4.90 Å². The minimum atomic E-state index is -0.472. The zero-order valence-corrected chi connectivity index (χ0v) is 17.4. The fourth-order valence-electron chi connectivity index (χ4n) is 2.58. The van der Waals surface area contributed by atoms with Crippen LogP contribution in [0.1, 0.15) is 41.9 Å². The summed E-state index contributed by atoms with van der Waals surface area (Å²) in [5, 5.41) is 2.45. The molecule has 4 nitrogen and oxygen atoms in total. The number of rotatable bonds is 7. The Bertz CT molecular complexity index is 805. The molecule has 0 saturated carbocycles. The number of thioether (sulfide) groups is 1. The van der Waals surface area contributed by atoms with Crippen LogP contribution < -0.4 is 5.32 Å². The highest BCUT2D eigenvalue weighted by molar-refractivity contribution is 8.23. The van der Waals surface area contributed by atoms with Crippen LogP contribution in [0.3, 0.4) is 0 Å². The van der Waals surface area contributed by atoms with E-state index >= 15 is 0 Å². The number of nitrogens with one attached hydrogen (secondary N) is 1. The van der Waals surface area contributed by atoms with Crippen LogP contribution in [-0.2, 0) is 4.79 Å². The Kier molecular flexibility index (Phi) is 8.00. The van der Waals surface area contributed by atoms with E-state index in [1.165, 1.54) is 18.7 Å². The third-order valence-electron chi connectivity index (χ3n) is 4.12. The van der Waals surface area contributed by atoms with E-state index in [2.05, 4.69) is 10.2 Å². The Morgan fingerprint density at radius 2 is 1.74 bits per heavy atom. The van der Waals surface area contributed by atoms with Gasteiger partial charge in [0.25, 0.3) is 0 Å². The summed E-state index contributed by atoms with van der Waals surface area (Å²) in [5.41, 5.74) is 2.05. The molecule has 0 heterocycles. The highest BCUT2D eigenvalue weighted by Gasteiger charge is 2.25. The predicted molar refractivity (Wildman–Crippen MR) is 117 cm³/mol. The maximum Gasteiger partial charge on any atom is 0.242 e. The summed E-state index contributed by atoms with van der Waals surface area (Å²) in [5.74, 6) is -0.204. The van der Waals surface area contributed by atoms with Crippen molar-refractivity contribution in [3.8, 4) is 0 Å². The molecule has 27 heavy (non-hydrogen) atoms. The molecule has 0 fully saturated rings. The molecule has 1 N–H and O–H groups in total. The molecule has 1 amide bonds. The van der Waals surface area contributed by atoms with Gasteiger partial charge in [-0.3, -0.25) is 9.59 Å². The van der Waals surface area contributed by atoms with E-state index in [4.69, 9.17) is 12.2 Å². The maximum atomic E-state index is 13.0. The van der Waals surface area contributed by atoms with E-state index in [0.717, 1.165) is 18.7 Å². The molecule has 2 aromatic rings. The first-order chi connectivity index (χ1) is 13.0. The van der Waals surface area contributed by atoms with Crippen molar-refractivity contribution in [2.75, 3.05) is 18.4 Å². The van der Waals surface area contributed by atoms with Crippen LogP contribution in [0.15, 0.2) is 54.6 Å². The van der Waals surface area contributed by atoms with Crippen molar-refractivity contribution in [2.45, 2.75) is 26.0 Å². The first-order valence-electron chi connectivity index (χ1n) is 8.88. The average Bonchev–Trinajstić information content (AvgIpc) is 2.67.